The Morgan fingerprint density at radius 3 is 2.78 bits per heavy atom. The van der Waals surface area contributed by atoms with Crippen LogP contribution >= 0.6 is 0 Å². The highest BCUT2D eigenvalue weighted by Crippen LogP contribution is 2.39. The van der Waals surface area contributed by atoms with Gasteiger partial charge in [-0.2, -0.15) is 0 Å². The van der Waals surface area contributed by atoms with E-state index in [2.05, 4.69) is 4.98 Å². The molecule has 2 amide bonds. The molecule has 1 spiro atoms. The molecule has 0 radical (unpaired) electrons. The Labute approximate surface area is 135 Å². The summed E-state index contributed by atoms with van der Waals surface area (Å²) in [5, 5.41) is 1.02. The van der Waals surface area contributed by atoms with Crippen LogP contribution in [0.5, 0.6) is 0 Å². The fourth-order valence-electron chi connectivity index (χ4n) is 4.24. The number of hydrogen-bond acceptors (Lipinski definition) is 2. The minimum Gasteiger partial charge on any atom is -0.361 e. The SMILES string of the molecule is CN1CCCC2(CCCN2C(=O)c2cccc3cc[nH]c23)C1=O. The zero-order chi connectivity index (χ0) is 16.0. The predicted molar refractivity (Wildman–Crippen MR) is 88.2 cm³/mol. The zero-order valence-electron chi connectivity index (χ0n) is 13.3. The van der Waals surface area contributed by atoms with E-state index in [-0.39, 0.29) is 11.8 Å². The van der Waals surface area contributed by atoms with E-state index in [0.29, 0.717) is 12.1 Å². The molecular weight excluding hydrogens is 290 g/mol. The van der Waals surface area contributed by atoms with Crippen molar-refractivity contribution in [2.45, 2.75) is 31.2 Å². The monoisotopic (exact) mass is 311 g/mol. The summed E-state index contributed by atoms with van der Waals surface area (Å²) in [5.74, 6) is 0.0764. The van der Waals surface area contributed by atoms with Crippen LogP contribution in [0.2, 0.25) is 0 Å². The number of aromatic amines is 1. The van der Waals surface area contributed by atoms with Gasteiger partial charge in [-0.25, -0.2) is 0 Å². The van der Waals surface area contributed by atoms with E-state index in [4.69, 9.17) is 0 Å². The van der Waals surface area contributed by atoms with Gasteiger partial charge in [0.2, 0.25) is 5.91 Å². The first-order chi connectivity index (χ1) is 11.1. The molecular formula is C18H21N3O2. The number of carbonyl (C=O) groups excluding carboxylic acids is 2. The van der Waals surface area contributed by atoms with E-state index >= 15 is 0 Å². The number of piperidine rings is 1. The van der Waals surface area contributed by atoms with Crippen molar-refractivity contribution >= 4 is 22.7 Å². The van der Waals surface area contributed by atoms with Gasteiger partial charge in [-0.1, -0.05) is 12.1 Å². The molecule has 1 aromatic heterocycles. The molecule has 2 aromatic rings. The van der Waals surface area contributed by atoms with E-state index in [9.17, 15) is 9.59 Å². The number of likely N-dealkylation sites (tertiary alicyclic amines) is 2. The molecule has 0 saturated carbocycles. The summed E-state index contributed by atoms with van der Waals surface area (Å²) in [7, 11) is 1.84. The normalized spacial score (nSPS) is 24.8. The van der Waals surface area contributed by atoms with Gasteiger partial charge in [0.05, 0.1) is 11.1 Å². The fourth-order valence-corrected chi connectivity index (χ4v) is 4.24. The van der Waals surface area contributed by atoms with Gasteiger partial charge >= 0.3 is 0 Å². The summed E-state index contributed by atoms with van der Waals surface area (Å²) in [6, 6.07) is 7.71. The van der Waals surface area contributed by atoms with Crippen LogP contribution < -0.4 is 0 Å². The van der Waals surface area contributed by atoms with Crippen molar-refractivity contribution in [3.8, 4) is 0 Å². The molecule has 120 valence electrons. The van der Waals surface area contributed by atoms with Gasteiger partial charge in [0.15, 0.2) is 0 Å². The first-order valence-electron chi connectivity index (χ1n) is 8.27. The summed E-state index contributed by atoms with van der Waals surface area (Å²) in [6.45, 7) is 1.45. The molecule has 0 aliphatic carbocycles. The second kappa shape index (κ2) is 5.11. The lowest BCUT2D eigenvalue weighted by Gasteiger charge is -2.43. The highest BCUT2D eigenvalue weighted by molar-refractivity contribution is 6.08. The molecule has 2 saturated heterocycles. The van der Waals surface area contributed by atoms with Crippen molar-refractivity contribution in [2.24, 2.45) is 0 Å². The number of rotatable bonds is 1. The molecule has 5 nitrogen and oxygen atoms in total. The van der Waals surface area contributed by atoms with Crippen LogP contribution in [0.15, 0.2) is 30.5 Å². The quantitative estimate of drug-likeness (QED) is 0.879. The Bertz CT molecular complexity index is 781. The van der Waals surface area contributed by atoms with Gasteiger partial charge in [0.25, 0.3) is 5.91 Å². The number of carbonyl (C=O) groups is 2. The number of para-hydroxylation sites is 1. The van der Waals surface area contributed by atoms with E-state index in [1.165, 1.54) is 0 Å². The first kappa shape index (κ1) is 14.3. The predicted octanol–water partition coefficient (Wildman–Crippen LogP) is 2.39. The molecule has 1 atom stereocenters. The van der Waals surface area contributed by atoms with Crippen LogP contribution in [0.3, 0.4) is 0 Å². The molecule has 1 unspecified atom stereocenters. The van der Waals surface area contributed by atoms with Gasteiger partial charge in [0, 0.05) is 31.7 Å². The van der Waals surface area contributed by atoms with Gasteiger partial charge in [-0.3, -0.25) is 9.59 Å². The number of hydrogen-bond donors (Lipinski definition) is 1. The lowest BCUT2D eigenvalue weighted by molar-refractivity contribution is -0.144. The third-order valence-electron chi connectivity index (χ3n) is 5.38. The zero-order valence-corrected chi connectivity index (χ0v) is 13.3. The molecule has 2 fully saturated rings. The summed E-state index contributed by atoms with van der Waals surface area (Å²) in [4.78, 5) is 32.8. The minimum absolute atomic E-state index is 0.0285. The third kappa shape index (κ3) is 1.99. The van der Waals surface area contributed by atoms with Crippen molar-refractivity contribution in [1.29, 1.82) is 0 Å². The van der Waals surface area contributed by atoms with Crippen molar-refractivity contribution in [1.82, 2.24) is 14.8 Å². The fraction of sp³-hybridized carbons (Fsp3) is 0.444. The first-order valence-corrected chi connectivity index (χ1v) is 8.27. The van der Waals surface area contributed by atoms with Crippen molar-refractivity contribution in [2.75, 3.05) is 20.1 Å². The van der Waals surface area contributed by atoms with Gasteiger partial charge in [-0.15, -0.1) is 0 Å². The number of H-pyrrole nitrogens is 1. The molecule has 1 N–H and O–H groups in total. The van der Waals surface area contributed by atoms with Crippen LogP contribution in [0, 0.1) is 0 Å². The maximum atomic E-state index is 13.2. The molecule has 0 bridgehead atoms. The van der Waals surface area contributed by atoms with Crippen LogP contribution in [-0.4, -0.2) is 52.3 Å². The molecule has 23 heavy (non-hydrogen) atoms. The highest BCUT2D eigenvalue weighted by Gasteiger charge is 2.52. The van der Waals surface area contributed by atoms with Crippen LogP contribution in [-0.2, 0) is 4.79 Å². The Kier molecular flexibility index (Phi) is 3.18. The Morgan fingerprint density at radius 1 is 1.17 bits per heavy atom. The van der Waals surface area contributed by atoms with Gasteiger partial charge < -0.3 is 14.8 Å². The lowest BCUT2D eigenvalue weighted by Crippen LogP contribution is -2.60. The van der Waals surface area contributed by atoms with E-state index in [1.54, 1.807) is 4.90 Å². The third-order valence-corrected chi connectivity index (χ3v) is 5.38. The summed E-state index contributed by atoms with van der Waals surface area (Å²) in [6.07, 6.45) is 5.26. The average Bonchev–Trinajstić information content (AvgIpc) is 3.19. The Morgan fingerprint density at radius 2 is 1.96 bits per heavy atom. The molecule has 1 aromatic carbocycles. The second-order valence-corrected chi connectivity index (χ2v) is 6.67. The summed E-state index contributed by atoms with van der Waals surface area (Å²) in [5.41, 5.74) is 0.893. The van der Waals surface area contributed by atoms with Crippen LogP contribution in [0.4, 0.5) is 0 Å². The molecule has 2 aliphatic heterocycles. The maximum absolute atomic E-state index is 13.2. The maximum Gasteiger partial charge on any atom is 0.256 e. The van der Waals surface area contributed by atoms with Gasteiger partial charge in [-0.05, 0) is 37.8 Å². The standard InChI is InChI=1S/C18H21N3O2/c1-20-11-3-8-18(17(20)23)9-4-12-21(18)16(22)14-6-2-5-13-7-10-19-15(13)14/h2,5-7,10,19H,3-4,8-9,11-12H2,1H3. The molecule has 3 heterocycles. The van der Waals surface area contributed by atoms with E-state index in [1.807, 2.05) is 42.4 Å². The number of likely N-dealkylation sites (N-methyl/N-ethyl adjacent to an activating group) is 1. The summed E-state index contributed by atoms with van der Waals surface area (Å²) < 4.78 is 0. The van der Waals surface area contributed by atoms with Crippen LogP contribution in [0.1, 0.15) is 36.0 Å². The van der Waals surface area contributed by atoms with Crippen molar-refractivity contribution < 1.29 is 9.59 Å². The second-order valence-electron chi connectivity index (χ2n) is 6.67. The molecule has 5 heteroatoms. The largest absolute Gasteiger partial charge is 0.361 e. The number of nitrogens with one attached hydrogen (secondary N) is 1. The van der Waals surface area contributed by atoms with Gasteiger partial charge in [0.1, 0.15) is 5.54 Å². The number of nitrogens with zero attached hydrogens (tertiary/aromatic N) is 2. The van der Waals surface area contributed by atoms with E-state index in [0.717, 1.165) is 43.1 Å². The number of amides is 2. The smallest absolute Gasteiger partial charge is 0.256 e. The Hall–Kier alpha value is -2.30. The molecule has 2 aliphatic rings. The minimum atomic E-state index is -0.626. The highest BCUT2D eigenvalue weighted by atomic mass is 16.2. The van der Waals surface area contributed by atoms with Crippen LogP contribution in [0.25, 0.3) is 10.9 Å². The number of aromatic nitrogens is 1. The summed E-state index contributed by atoms with van der Waals surface area (Å²) >= 11 is 0. The van der Waals surface area contributed by atoms with Crippen molar-refractivity contribution in [3.63, 3.8) is 0 Å². The number of fused-ring (bicyclic) bond motifs is 1. The topological polar surface area (TPSA) is 56.4 Å². The lowest BCUT2D eigenvalue weighted by atomic mass is 9.85. The molecule has 4 rings (SSSR count). The number of benzene rings is 1. The van der Waals surface area contributed by atoms with E-state index < -0.39 is 5.54 Å². The Balaban J connectivity index is 1.75. The van der Waals surface area contributed by atoms with Crippen molar-refractivity contribution in [3.05, 3.63) is 36.0 Å². The average molecular weight is 311 g/mol.